The molecule has 10 heteroatoms. The van der Waals surface area contributed by atoms with Crippen LogP contribution in [0, 0.1) is 6.92 Å². The van der Waals surface area contributed by atoms with Crippen molar-refractivity contribution in [2.24, 2.45) is 0 Å². The Morgan fingerprint density at radius 1 is 1.17 bits per heavy atom. The first kappa shape index (κ1) is 22.2. The van der Waals surface area contributed by atoms with E-state index < -0.39 is 34.5 Å². The summed E-state index contributed by atoms with van der Waals surface area (Å²) in [6.45, 7) is 1.46. The molecule has 0 saturated carbocycles. The van der Waals surface area contributed by atoms with E-state index in [1.165, 1.54) is 31.2 Å². The number of rotatable bonds is 5. The number of benzene rings is 2. The number of hydrogen-bond donors (Lipinski definition) is 0. The van der Waals surface area contributed by atoms with Crippen molar-refractivity contribution in [3.05, 3.63) is 69.9 Å². The van der Waals surface area contributed by atoms with E-state index in [1.807, 2.05) is 0 Å². The molecule has 0 saturated heterocycles. The molecule has 0 spiro atoms. The highest BCUT2D eigenvalue weighted by Crippen LogP contribution is 2.36. The van der Waals surface area contributed by atoms with Crippen LogP contribution in [0.4, 0.5) is 13.2 Å². The molecule has 2 aromatic rings. The van der Waals surface area contributed by atoms with Crippen LogP contribution in [-0.4, -0.2) is 26.8 Å². The molecule has 0 bridgehead atoms. The zero-order valence-corrected chi connectivity index (χ0v) is 17.4. The molecule has 0 N–H and O–H groups in total. The van der Waals surface area contributed by atoms with Crippen LogP contribution in [0.15, 0.2) is 53.1 Å². The van der Waals surface area contributed by atoms with Crippen molar-refractivity contribution in [1.29, 1.82) is 0 Å². The number of carbonyl (C=O) groups excluding carboxylic acids is 1. The van der Waals surface area contributed by atoms with E-state index in [1.54, 1.807) is 12.1 Å². The van der Waals surface area contributed by atoms with E-state index in [9.17, 15) is 26.4 Å². The molecule has 0 amide bonds. The molecule has 1 aliphatic heterocycles. The third kappa shape index (κ3) is 5.14. The molecular formula is C20H16ClF3O5S. The van der Waals surface area contributed by atoms with Crippen LogP contribution in [0.3, 0.4) is 0 Å². The van der Waals surface area contributed by atoms with Gasteiger partial charge in [-0.3, -0.25) is 0 Å². The summed E-state index contributed by atoms with van der Waals surface area (Å²) < 4.78 is 73.8. The summed E-state index contributed by atoms with van der Waals surface area (Å²) >= 11 is 5.79. The van der Waals surface area contributed by atoms with Gasteiger partial charge in [-0.2, -0.15) is 13.2 Å². The highest BCUT2D eigenvalue weighted by Gasteiger charge is 2.35. The predicted octanol–water partition coefficient (Wildman–Crippen LogP) is 4.72. The molecule has 3 rings (SSSR count). The monoisotopic (exact) mass is 460 g/mol. The van der Waals surface area contributed by atoms with Crippen molar-refractivity contribution >= 4 is 27.4 Å². The van der Waals surface area contributed by atoms with E-state index in [-0.39, 0.29) is 27.3 Å². The zero-order valence-electron chi connectivity index (χ0n) is 15.8. The standard InChI is InChI=1S/C20H16ClF3O5S/c1-11-7-15(12(10-20(22,23)24)8-18(11)30(2,26)27)16-9-17(19(25)29-16)28-14-5-3-13(21)4-6-14/h3-9,16H,10H2,1-2H3/t16-/m1/s1. The Labute approximate surface area is 176 Å². The number of ether oxygens (including phenoxy) is 2. The van der Waals surface area contributed by atoms with E-state index >= 15 is 0 Å². The molecule has 0 fully saturated rings. The van der Waals surface area contributed by atoms with E-state index in [0.29, 0.717) is 10.8 Å². The number of aryl methyl sites for hydroxylation is 1. The molecule has 0 radical (unpaired) electrons. The fourth-order valence-electron chi connectivity index (χ4n) is 3.06. The van der Waals surface area contributed by atoms with Gasteiger partial charge in [-0.05, 0) is 48.4 Å². The Morgan fingerprint density at radius 2 is 1.80 bits per heavy atom. The molecule has 160 valence electrons. The minimum Gasteiger partial charge on any atom is -0.450 e. The van der Waals surface area contributed by atoms with Crippen molar-refractivity contribution in [1.82, 2.24) is 0 Å². The van der Waals surface area contributed by atoms with Crippen LogP contribution in [-0.2, 0) is 25.8 Å². The summed E-state index contributed by atoms with van der Waals surface area (Å²) in [6.07, 6.45) is -4.94. The lowest BCUT2D eigenvalue weighted by Crippen LogP contribution is -2.16. The van der Waals surface area contributed by atoms with Gasteiger partial charge < -0.3 is 9.47 Å². The Balaban J connectivity index is 2.01. The van der Waals surface area contributed by atoms with E-state index in [2.05, 4.69) is 0 Å². The SMILES string of the molecule is Cc1cc([C@H]2C=C(Oc3ccc(Cl)cc3)C(=O)O2)c(CC(F)(F)F)cc1S(C)(=O)=O. The smallest absolute Gasteiger partial charge is 0.393 e. The average Bonchev–Trinajstić information content (AvgIpc) is 2.96. The number of carbonyl (C=O) groups is 1. The normalized spacial score (nSPS) is 16.9. The fourth-order valence-corrected chi connectivity index (χ4v) is 4.18. The number of alkyl halides is 3. The van der Waals surface area contributed by atoms with Crippen molar-refractivity contribution in [2.45, 2.75) is 30.5 Å². The Bertz CT molecular complexity index is 1120. The molecule has 0 aromatic heterocycles. The molecular weight excluding hydrogens is 445 g/mol. The molecule has 1 atom stereocenters. The van der Waals surface area contributed by atoms with E-state index in [4.69, 9.17) is 21.1 Å². The van der Waals surface area contributed by atoms with Gasteiger partial charge in [-0.25, -0.2) is 13.2 Å². The van der Waals surface area contributed by atoms with Crippen molar-refractivity contribution in [2.75, 3.05) is 6.26 Å². The second-order valence-corrected chi connectivity index (χ2v) is 9.21. The Hall–Kier alpha value is -2.52. The second-order valence-electron chi connectivity index (χ2n) is 6.79. The number of esters is 1. The van der Waals surface area contributed by atoms with Crippen LogP contribution in [0.5, 0.6) is 5.75 Å². The van der Waals surface area contributed by atoms with Crippen LogP contribution in [0.1, 0.15) is 22.8 Å². The number of sulfone groups is 1. The molecule has 5 nitrogen and oxygen atoms in total. The van der Waals surface area contributed by atoms with Crippen LogP contribution in [0.25, 0.3) is 0 Å². The zero-order chi connectivity index (χ0) is 22.3. The predicted molar refractivity (Wildman–Crippen MR) is 103 cm³/mol. The van der Waals surface area contributed by atoms with Gasteiger partial charge in [0.05, 0.1) is 11.3 Å². The van der Waals surface area contributed by atoms with Gasteiger partial charge in [0, 0.05) is 22.9 Å². The average molecular weight is 461 g/mol. The largest absolute Gasteiger partial charge is 0.450 e. The minimum atomic E-state index is -4.59. The summed E-state index contributed by atoms with van der Waals surface area (Å²) in [5, 5.41) is 0.460. The lowest BCUT2D eigenvalue weighted by Gasteiger charge is -2.18. The first-order valence-electron chi connectivity index (χ1n) is 8.60. The minimum absolute atomic E-state index is 0.0419. The first-order chi connectivity index (χ1) is 13.8. The summed E-state index contributed by atoms with van der Waals surface area (Å²) in [4.78, 5) is 12.0. The summed E-state index contributed by atoms with van der Waals surface area (Å²) in [5.74, 6) is -0.745. The second kappa shape index (κ2) is 7.96. The van der Waals surface area contributed by atoms with Gasteiger partial charge in [0.2, 0.25) is 5.76 Å². The maximum Gasteiger partial charge on any atom is 0.393 e. The number of cyclic esters (lactones) is 1. The van der Waals surface area contributed by atoms with Crippen LogP contribution >= 0.6 is 11.6 Å². The van der Waals surface area contributed by atoms with Gasteiger partial charge in [0.1, 0.15) is 11.9 Å². The first-order valence-corrected chi connectivity index (χ1v) is 10.9. The fraction of sp³-hybridized carbons (Fsp3) is 0.250. The Kier molecular flexibility index (Phi) is 5.88. The molecule has 0 unspecified atom stereocenters. The molecule has 1 aliphatic rings. The maximum absolute atomic E-state index is 13.1. The van der Waals surface area contributed by atoms with Gasteiger partial charge in [-0.1, -0.05) is 17.7 Å². The van der Waals surface area contributed by atoms with Gasteiger partial charge in [-0.15, -0.1) is 0 Å². The summed E-state index contributed by atoms with van der Waals surface area (Å²) in [5.41, 5.74) is -0.00876. The van der Waals surface area contributed by atoms with Crippen molar-refractivity contribution < 1.29 is 35.9 Å². The van der Waals surface area contributed by atoms with Crippen LogP contribution in [0.2, 0.25) is 5.02 Å². The summed E-state index contributed by atoms with van der Waals surface area (Å²) in [6, 6.07) is 8.39. The quantitative estimate of drug-likeness (QED) is 0.604. The molecule has 0 aliphatic carbocycles. The highest BCUT2D eigenvalue weighted by atomic mass is 35.5. The van der Waals surface area contributed by atoms with Gasteiger partial charge in [0.15, 0.2) is 9.84 Å². The lowest BCUT2D eigenvalue weighted by atomic mass is 9.97. The van der Waals surface area contributed by atoms with Crippen LogP contribution < -0.4 is 4.74 Å². The Morgan fingerprint density at radius 3 is 2.37 bits per heavy atom. The summed E-state index contributed by atoms with van der Waals surface area (Å²) in [7, 11) is -3.74. The molecule has 30 heavy (non-hydrogen) atoms. The lowest BCUT2D eigenvalue weighted by molar-refractivity contribution is -0.141. The third-order valence-electron chi connectivity index (χ3n) is 4.31. The van der Waals surface area contributed by atoms with Crippen molar-refractivity contribution in [3.63, 3.8) is 0 Å². The number of halogens is 4. The van der Waals surface area contributed by atoms with Gasteiger partial charge >= 0.3 is 12.1 Å². The topological polar surface area (TPSA) is 69.7 Å². The van der Waals surface area contributed by atoms with E-state index in [0.717, 1.165) is 12.3 Å². The van der Waals surface area contributed by atoms with Crippen molar-refractivity contribution in [3.8, 4) is 5.75 Å². The van der Waals surface area contributed by atoms with Gasteiger partial charge in [0.25, 0.3) is 0 Å². The molecule has 2 aromatic carbocycles. The number of hydrogen-bond acceptors (Lipinski definition) is 5. The maximum atomic E-state index is 13.1. The molecule has 1 heterocycles. The highest BCUT2D eigenvalue weighted by molar-refractivity contribution is 7.90. The third-order valence-corrected chi connectivity index (χ3v) is 5.80.